The number of halogens is 2. The van der Waals surface area contributed by atoms with Gasteiger partial charge in [0.15, 0.2) is 0 Å². The van der Waals surface area contributed by atoms with E-state index in [1.807, 2.05) is 12.1 Å². The second-order valence-electron chi connectivity index (χ2n) is 3.81. The standard InChI is InChI=1S/C11H14Cl2N2/c12-8-9-4-1-2-7-15(9)11-10(13)5-3-6-14-11/h3,5-6,9H,1-2,4,7-8H2. The van der Waals surface area contributed by atoms with E-state index in [2.05, 4.69) is 9.88 Å². The third-order valence-corrected chi connectivity index (χ3v) is 3.47. The molecular weight excluding hydrogens is 231 g/mol. The molecule has 0 bridgehead atoms. The lowest BCUT2D eigenvalue weighted by Crippen LogP contribution is -2.41. The van der Waals surface area contributed by atoms with Gasteiger partial charge in [-0.1, -0.05) is 11.6 Å². The summed E-state index contributed by atoms with van der Waals surface area (Å²) in [6, 6.07) is 4.11. The van der Waals surface area contributed by atoms with Crippen LogP contribution in [0, 0.1) is 0 Å². The molecule has 1 aliphatic rings. The zero-order valence-electron chi connectivity index (χ0n) is 8.50. The topological polar surface area (TPSA) is 16.1 Å². The van der Waals surface area contributed by atoms with Gasteiger partial charge < -0.3 is 4.90 Å². The van der Waals surface area contributed by atoms with Gasteiger partial charge in [0, 0.05) is 24.7 Å². The summed E-state index contributed by atoms with van der Waals surface area (Å²) >= 11 is 12.1. The first-order valence-electron chi connectivity index (χ1n) is 5.26. The van der Waals surface area contributed by atoms with E-state index in [0.717, 1.165) is 23.8 Å². The van der Waals surface area contributed by atoms with Crippen LogP contribution < -0.4 is 4.90 Å². The summed E-state index contributed by atoms with van der Waals surface area (Å²) in [7, 11) is 0. The third-order valence-electron chi connectivity index (χ3n) is 2.82. The van der Waals surface area contributed by atoms with Crippen LogP contribution in [-0.4, -0.2) is 23.5 Å². The molecule has 1 fully saturated rings. The van der Waals surface area contributed by atoms with Gasteiger partial charge in [0.05, 0.1) is 5.02 Å². The summed E-state index contributed by atoms with van der Waals surface area (Å²) in [6.07, 6.45) is 5.36. The first-order valence-corrected chi connectivity index (χ1v) is 6.17. The third kappa shape index (κ3) is 2.37. The van der Waals surface area contributed by atoms with Crippen LogP contribution >= 0.6 is 23.2 Å². The fourth-order valence-corrected chi connectivity index (χ4v) is 2.58. The lowest BCUT2D eigenvalue weighted by atomic mass is 10.0. The summed E-state index contributed by atoms with van der Waals surface area (Å²) in [6.45, 7) is 1.01. The molecule has 15 heavy (non-hydrogen) atoms. The van der Waals surface area contributed by atoms with Crippen LogP contribution in [0.1, 0.15) is 19.3 Å². The lowest BCUT2D eigenvalue weighted by Gasteiger charge is -2.35. The summed E-state index contributed by atoms with van der Waals surface area (Å²) < 4.78 is 0. The Balaban J connectivity index is 2.24. The summed E-state index contributed by atoms with van der Waals surface area (Å²) in [4.78, 5) is 6.57. The average Bonchev–Trinajstić information content (AvgIpc) is 2.30. The molecule has 4 heteroatoms. The molecule has 1 atom stereocenters. The van der Waals surface area contributed by atoms with Crippen molar-refractivity contribution in [1.29, 1.82) is 0 Å². The molecule has 2 rings (SSSR count). The molecule has 2 nitrogen and oxygen atoms in total. The van der Waals surface area contributed by atoms with Gasteiger partial charge in [-0.2, -0.15) is 0 Å². The van der Waals surface area contributed by atoms with Crippen molar-refractivity contribution in [2.75, 3.05) is 17.3 Å². The molecule has 0 aromatic carbocycles. The molecule has 1 aliphatic heterocycles. The largest absolute Gasteiger partial charge is 0.351 e. The SMILES string of the molecule is ClCC1CCCCN1c1ncccc1Cl. The smallest absolute Gasteiger partial charge is 0.147 e. The highest BCUT2D eigenvalue weighted by molar-refractivity contribution is 6.33. The quantitative estimate of drug-likeness (QED) is 0.743. The number of rotatable bonds is 2. The molecule has 1 unspecified atom stereocenters. The fraction of sp³-hybridized carbons (Fsp3) is 0.545. The number of piperidine rings is 1. The minimum Gasteiger partial charge on any atom is -0.351 e. The fourth-order valence-electron chi connectivity index (χ4n) is 2.03. The van der Waals surface area contributed by atoms with Crippen molar-refractivity contribution < 1.29 is 0 Å². The summed E-state index contributed by atoms with van der Waals surface area (Å²) in [5.74, 6) is 1.52. The summed E-state index contributed by atoms with van der Waals surface area (Å²) in [5, 5.41) is 0.717. The van der Waals surface area contributed by atoms with E-state index in [0.29, 0.717) is 11.9 Å². The average molecular weight is 245 g/mol. The number of pyridine rings is 1. The molecule has 0 N–H and O–H groups in total. The van der Waals surface area contributed by atoms with Crippen molar-refractivity contribution in [2.24, 2.45) is 0 Å². The highest BCUT2D eigenvalue weighted by atomic mass is 35.5. The van der Waals surface area contributed by atoms with Crippen LogP contribution in [0.15, 0.2) is 18.3 Å². The van der Waals surface area contributed by atoms with E-state index in [-0.39, 0.29) is 0 Å². The van der Waals surface area contributed by atoms with Gasteiger partial charge in [0.2, 0.25) is 0 Å². The minimum absolute atomic E-state index is 0.382. The number of nitrogens with zero attached hydrogens (tertiary/aromatic N) is 2. The second-order valence-corrected chi connectivity index (χ2v) is 4.52. The Morgan fingerprint density at radius 3 is 3.07 bits per heavy atom. The van der Waals surface area contributed by atoms with E-state index in [1.165, 1.54) is 12.8 Å². The lowest BCUT2D eigenvalue weighted by molar-refractivity contribution is 0.484. The highest BCUT2D eigenvalue weighted by Crippen LogP contribution is 2.29. The maximum atomic E-state index is 6.13. The van der Waals surface area contributed by atoms with Crippen LogP contribution in [0.2, 0.25) is 5.02 Å². The highest BCUT2D eigenvalue weighted by Gasteiger charge is 2.23. The first-order chi connectivity index (χ1) is 7.33. The Morgan fingerprint density at radius 2 is 2.33 bits per heavy atom. The molecule has 0 amide bonds. The predicted octanol–water partition coefficient (Wildman–Crippen LogP) is 3.33. The maximum absolute atomic E-state index is 6.13. The van der Waals surface area contributed by atoms with Crippen molar-refractivity contribution in [3.05, 3.63) is 23.4 Å². The van der Waals surface area contributed by atoms with E-state index < -0.39 is 0 Å². The Kier molecular flexibility index (Phi) is 3.71. The van der Waals surface area contributed by atoms with E-state index >= 15 is 0 Å². The molecule has 0 aliphatic carbocycles. The van der Waals surface area contributed by atoms with Gasteiger partial charge in [-0.15, -0.1) is 11.6 Å². The Labute approximate surface area is 100 Å². The van der Waals surface area contributed by atoms with Crippen LogP contribution in [0.3, 0.4) is 0 Å². The second kappa shape index (κ2) is 5.04. The van der Waals surface area contributed by atoms with Crippen molar-refractivity contribution in [1.82, 2.24) is 4.98 Å². The zero-order chi connectivity index (χ0) is 10.7. The van der Waals surface area contributed by atoms with Crippen molar-refractivity contribution in [2.45, 2.75) is 25.3 Å². The van der Waals surface area contributed by atoms with Crippen LogP contribution in [0.4, 0.5) is 5.82 Å². The Hall–Kier alpha value is -0.470. The number of hydrogen-bond acceptors (Lipinski definition) is 2. The van der Waals surface area contributed by atoms with Gasteiger partial charge >= 0.3 is 0 Å². The molecule has 0 radical (unpaired) electrons. The number of anilines is 1. The van der Waals surface area contributed by atoms with Crippen LogP contribution in [0.5, 0.6) is 0 Å². The van der Waals surface area contributed by atoms with E-state index in [4.69, 9.17) is 23.2 Å². The van der Waals surface area contributed by atoms with Crippen LogP contribution in [0.25, 0.3) is 0 Å². The number of aromatic nitrogens is 1. The minimum atomic E-state index is 0.382. The monoisotopic (exact) mass is 244 g/mol. The van der Waals surface area contributed by atoms with Crippen molar-refractivity contribution in [3.63, 3.8) is 0 Å². The zero-order valence-corrected chi connectivity index (χ0v) is 10.0. The van der Waals surface area contributed by atoms with E-state index in [1.54, 1.807) is 6.20 Å². The molecule has 82 valence electrons. The molecule has 0 spiro atoms. The van der Waals surface area contributed by atoms with Gasteiger partial charge in [-0.3, -0.25) is 0 Å². The van der Waals surface area contributed by atoms with Gasteiger partial charge in [-0.25, -0.2) is 4.98 Å². The Morgan fingerprint density at radius 1 is 1.47 bits per heavy atom. The molecule has 1 aromatic rings. The molecular formula is C11H14Cl2N2. The molecule has 0 saturated carbocycles. The van der Waals surface area contributed by atoms with Crippen molar-refractivity contribution in [3.8, 4) is 0 Å². The molecule has 1 aromatic heterocycles. The van der Waals surface area contributed by atoms with Gasteiger partial charge in [0.1, 0.15) is 5.82 Å². The predicted molar refractivity (Wildman–Crippen MR) is 65.0 cm³/mol. The normalized spacial score (nSPS) is 21.7. The maximum Gasteiger partial charge on any atom is 0.147 e. The number of hydrogen-bond donors (Lipinski definition) is 0. The molecule has 1 saturated heterocycles. The van der Waals surface area contributed by atoms with Gasteiger partial charge in [-0.05, 0) is 31.4 Å². The van der Waals surface area contributed by atoms with Crippen LogP contribution in [-0.2, 0) is 0 Å². The van der Waals surface area contributed by atoms with Crippen molar-refractivity contribution >= 4 is 29.0 Å². The van der Waals surface area contributed by atoms with E-state index in [9.17, 15) is 0 Å². The van der Waals surface area contributed by atoms with Gasteiger partial charge in [0.25, 0.3) is 0 Å². The number of alkyl halides is 1. The Bertz CT molecular complexity index is 330. The summed E-state index contributed by atoms with van der Waals surface area (Å²) in [5.41, 5.74) is 0. The molecule has 2 heterocycles. The first kappa shape index (κ1) is 11.0.